The smallest absolute Gasteiger partial charge is 0.243 e. The Labute approximate surface area is 194 Å². The van der Waals surface area contributed by atoms with Gasteiger partial charge in [0, 0.05) is 48.9 Å². The zero-order valence-corrected chi connectivity index (χ0v) is 19.2. The van der Waals surface area contributed by atoms with Crippen molar-refractivity contribution in [3.05, 3.63) is 59.9 Å². The van der Waals surface area contributed by atoms with Crippen molar-refractivity contribution in [2.24, 2.45) is 5.10 Å². The number of carbonyl (C=O) groups is 1. The van der Waals surface area contributed by atoms with Crippen molar-refractivity contribution in [1.29, 1.82) is 0 Å². The summed E-state index contributed by atoms with van der Waals surface area (Å²) >= 11 is 0. The van der Waals surface area contributed by atoms with Gasteiger partial charge in [-0.2, -0.15) is 5.10 Å². The van der Waals surface area contributed by atoms with E-state index in [1.807, 2.05) is 54.5 Å². The van der Waals surface area contributed by atoms with E-state index in [1.54, 1.807) is 6.08 Å². The molecule has 0 spiro atoms. The molecule has 1 atom stereocenters. The monoisotopic (exact) mass is 448 g/mol. The van der Waals surface area contributed by atoms with Gasteiger partial charge < -0.3 is 21.3 Å². The van der Waals surface area contributed by atoms with Gasteiger partial charge in [0.1, 0.15) is 18.0 Å². The molecule has 0 saturated heterocycles. The number of hydrogen-bond donors (Lipinski definition) is 3. The Hall–Kier alpha value is -3.46. The molecule has 1 aromatic heterocycles. The van der Waals surface area contributed by atoms with E-state index in [2.05, 4.69) is 37.8 Å². The van der Waals surface area contributed by atoms with Crippen LogP contribution in [0.2, 0.25) is 0 Å². The van der Waals surface area contributed by atoms with Crippen LogP contribution in [0.25, 0.3) is 0 Å². The third kappa shape index (κ3) is 6.07. The number of nitrogens with zero attached hydrogens (tertiary/aromatic N) is 5. The molecule has 0 radical (unpaired) electrons. The summed E-state index contributed by atoms with van der Waals surface area (Å²) in [4.78, 5) is 22.7. The molecule has 4 rings (SSSR count). The van der Waals surface area contributed by atoms with E-state index in [0.717, 1.165) is 43.9 Å². The number of nitrogens with two attached hydrogens (primary N) is 1. The van der Waals surface area contributed by atoms with Gasteiger partial charge in [-0.15, -0.1) is 0 Å². The van der Waals surface area contributed by atoms with Crippen molar-refractivity contribution in [2.75, 3.05) is 38.2 Å². The van der Waals surface area contributed by atoms with Crippen molar-refractivity contribution in [3.8, 4) is 0 Å². The molecule has 1 aromatic carbocycles. The molecule has 174 valence electrons. The lowest BCUT2D eigenvalue weighted by Crippen LogP contribution is -2.49. The minimum Gasteiger partial charge on any atom is -0.383 e. The van der Waals surface area contributed by atoms with Gasteiger partial charge in [-0.05, 0) is 32.5 Å². The van der Waals surface area contributed by atoms with Crippen LogP contribution in [0.1, 0.15) is 29.9 Å². The first-order valence-corrected chi connectivity index (χ1v) is 11.3. The average molecular weight is 449 g/mol. The molecule has 1 aliphatic heterocycles. The average Bonchev–Trinajstić information content (AvgIpc) is 3.20. The van der Waals surface area contributed by atoms with E-state index in [1.165, 1.54) is 11.9 Å². The number of benzene rings is 1. The van der Waals surface area contributed by atoms with Gasteiger partial charge in [-0.25, -0.2) is 9.97 Å². The molecule has 9 heteroatoms. The van der Waals surface area contributed by atoms with Gasteiger partial charge >= 0.3 is 0 Å². The maximum Gasteiger partial charge on any atom is 0.243 e. The number of nitrogen functional groups attached to an aromatic ring is 1. The normalized spacial score (nSPS) is 22.0. The van der Waals surface area contributed by atoms with E-state index >= 15 is 0 Å². The van der Waals surface area contributed by atoms with Crippen LogP contribution in [0.3, 0.4) is 0 Å². The zero-order chi connectivity index (χ0) is 23.2. The lowest BCUT2D eigenvalue weighted by atomic mass is 9.86. The fourth-order valence-corrected chi connectivity index (χ4v) is 4.12. The number of likely N-dealkylation sites (N-methyl/N-ethyl adjacent to an activating group) is 1. The molecule has 2 heterocycles. The van der Waals surface area contributed by atoms with Crippen LogP contribution < -0.4 is 16.4 Å². The van der Waals surface area contributed by atoms with Crippen LogP contribution in [0.5, 0.6) is 0 Å². The Morgan fingerprint density at radius 3 is 2.76 bits per heavy atom. The summed E-state index contributed by atoms with van der Waals surface area (Å²) in [6.45, 7) is 2.22. The van der Waals surface area contributed by atoms with Gasteiger partial charge in [0.25, 0.3) is 0 Å². The Balaban J connectivity index is 1.31. The highest BCUT2D eigenvalue weighted by Gasteiger charge is 2.32. The summed E-state index contributed by atoms with van der Waals surface area (Å²) < 4.78 is 0. The second-order valence-electron chi connectivity index (χ2n) is 8.91. The molecule has 2 aliphatic rings. The minimum absolute atomic E-state index is 0.0230. The van der Waals surface area contributed by atoms with Gasteiger partial charge in [-0.1, -0.05) is 36.4 Å². The maximum absolute atomic E-state index is 12.0. The van der Waals surface area contributed by atoms with Gasteiger partial charge in [0.2, 0.25) is 5.91 Å². The van der Waals surface area contributed by atoms with E-state index in [9.17, 15) is 4.79 Å². The van der Waals surface area contributed by atoms with E-state index in [4.69, 9.17) is 5.73 Å². The number of nitrogens with one attached hydrogen (secondary N) is 2. The molecule has 2 aromatic rings. The second-order valence-corrected chi connectivity index (χ2v) is 8.91. The number of hydrogen-bond acceptors (Lipinski definition) is 8. The molecule has 1 unspecified atom stereocenters. The quantitative estimate of drug-likeness (QED) is 0.502. The van der Waals surface area contributed by atoms with Crippen molar-refractivity contribution in [1.82, 2.24) is 25.2 Å². The van der Waals surface area contributed by atoms with Crippen LogP contribution in [0.15, 0.2) is 53.9 Å². The molecule has 0 bridgehead atoms. The van der Waals surface area contributed by atoms with Crippen molar-refractivity contribution in [3.63, 3.8) is 0 Å². The first-order valence-electron chi connectivity index (χ1n) is 11.3. The highest BCUT2D eigenvalue weighted by atomic mass is 16.1. The summed E-state index contributed by atoms with van der Waals surface area (Å²) in [5, 5.41) is 13.2. The summed E-state index contributed by atoms with van der Waals surface area (Å²) in [6, 6.07) is 10.7. The van der Waals surface area contributed by atoms with E-state index < -0.39 is 0 Å². The fraction of sp³-hybridized carbons (Fsp3) is 0.417. The highest BCUT2D eigenvalue weighted by Crippen LogP contribution is 2.32. The number of anilines is 2. The maximum atomic E-state index is 12.0. The molecular formula is C24H32N8O. The van der Waals surface area contributed by atoms with Crippen LogP contribution >= 0.6 is 0 Å². The summed E-state index contributed by atoms with van der Waals surface area (Å²) in [5.41, 5.74) is 8.35. The first kappa shape index (κ1) is 22.7. The van der Waals surface area contributed by atoms with Gasteiger partial charge in [0.05, 0.1) is 6.54 Å². The van der Waals surface area contributed by atoms with Gasteiger partial charge in [-0.3, -0.25) is 9.80 Å². The fourth-order valence-electron chi connectivity index (χ4n) is 4.12. The standard InChI is InChI=1S/C24H32N8O/c1-31(2)10-6-9-21(33)29-19-11-20(12-19)30-24-22(23(25)26-16-27-24)18-13-28-32(15-18)14-17-7-4-3-5-8-17/h3-9,13,16,18-20H,10-12,14-15H2,1-2H3,(H,29,33)(H3,25,26,27,30)/b9-6+/t18?,19-,20+. The lowest BCUT2D eigenvalue weighted by molar-refractivity contribution is -0.117. The highest BCUT2D eigenvalue weighted by molar-refractivity contribution is 5.87. The third-order valence-electron chi connectivity index (χ3n) is 5.88. The van der Waals surface area contributed by atoms with Crippen molar-refractivity contribution < 1.29 is 4.79 Å². The predicted molar refractivity (Wildman–Crippen MR) is 131 cm³/mol. The number of hydrazone groups is 1. The van der Waals surface area contributed by atoms with Crippen LogP contribution in [0.4, 0.5) is 11.6 Å². The molecule has 1 saturated carbocycles. The van der Waals surface area contributed by atoms with Crippen LogP contribution in [0, 0.1) is 0 Å². The largest absolute Gasteiger partial charge is 0.383 e. The summed E-state index contributed by atoms with van der Waals surface area (Å²) in [7, 11) is 3.94. The topological polar surface area (TPSA) is 112 Å². The SMILES string of the molecule is CN(C)C/C=C/C(=O)N[C@H]1C[C@@H](Nc2ncnc(N)c2C2C=NN(Cc3ccccc3)C2)C1. The third-order valence-corrected chi connectivity index (χ3v) is 5.88. The molecule has 4 N–H and O–H groups in total. The van der Waals surface area contributed by atoms with Crippen molar-refractivity contribution >= 4 is 23.8 Å². The Morgan fingerprint density at radius 1 is 1.21 bits per heavy atom. The number of amides is 1. The zero-order valence-electron chi connectivity index (χ0n) is 19.2. The molecule has 1 aliphatic carbocycles. The minimum atomic E-state index is -0.0482. The molecule has 33 heavy (non-hydrogen) atoms. The Kier molecular flexibility index (Phi) is 7.19. The molecule has 9 nitrogen and oxygen atoms in total. The predicted octanol–water partition coefficient (Wildman–Crippen LogP) is 1.82. The summed E-state index contributed by atoms with van der Waals surface area (Å²) in [5.74, 6) is 1.20. The second kappa shape index (κ2) is 10.4. The molecular weight excluding hydrogens is 416 g/mol. The van der Waals surface area contributed by atoms with Crippen molar-refractivity contribution in [2.45, 2.75) is 37.4 Å². The lowest BCUT2D eigenvalue weighted by Gasteiger charge is -2.37. The van der Waals surface area contributed by atoms with Crippen LogP contribution in [-0.2, 0) is 11.3 Å². The van der Waals surface area contributed by atoms with Crippen LogP contribution in [-0.4, -0.2) is 71.3 Å². The number of aromatic nitrogens is 2. The number of rotatable bonds is 9. The van der Waals surface area contributed by atoms with E-state index in [-0.39, 0.29) is 23.9 Å². The molecule has 1 fully saturated rings. The Morgan fingerprint density at radius 2 is 2.00 bits per heavy atom. The summed E-state index contributed by atoms with van der Waals surface area (Å²) in [6.07, 6.45) is 8.56. The van der Waals surface area contributed by atoms with Gasteiger partial charge in [0.15, 0.2) is 0 Å². The first-order chi connectivity index (χ1) is 16.0. The van der Waals surface area contributed by atoms with E-state index in [0.29, 0.717) is 5.82 Å². The number of carbonyl (C=O) groups excluding carboxylic acids is 1. The molecule has 1 amide bonds. The Bertz CT molecular complexity index is 1000.